The Hall–Kier alpha value is -1.90. The highest BCUT2D eigenvalue weighted by Gasteiger charge is 2.37. The smallest absolute Gasteiger partial charge is 0.314 e. The van der Waals surface area contributed by atoms with Crippen LogP contribution in [0.15, 0.2) is 41.6 Å². The van der Waals surface area contributed by atoms with Crippen molar-refractivity contribution in [1.29, 1.82) is 0 Å². The Morgan fingerprint density at radius 2 is 1.95 bits per heavy atom. The molecule has 0 aliphatic carbocycles. The minimum absolute atomic E-state index is 0.310. The van der Waals surface area contributed by atoms with Crippen molar-refractivity contribution in [3.63, 3.8) is 0 Å². The molecule has 2 N–H and O–H groups in total. The second-order valence-corrected chi connectivity index (χ2v) is 6.61. The number of urea groups is 1. The number of halogens is 1. The molecule has 2 atom stereocenters. The number of ketones is 1. The molecule has 0 radical (unpaired) electrons. The van der Waals surface area contributed by atoms with Crippen LogP contribution < -0.4 is 5.32 Å². The van der Waals surface area contributed by atoms with Crippen LogP contribution in [0.2, 0.25) is 0 Å². The number of nitrogens with zero attached hydrogens (tertiary/aromatic N) is 1. The van der Waals surface area contributed by atoms with Gasteiger partial charge in [-0.2, -0.15) is 8.42 Å². The van der Waals surface area contributed by atoms with E-state index in [1.54, 1.807) is 30.3 Å². The largest absolute Gasteiger partial charge is 0.323 e. The van der Waals surface area contributed by atoms with Gasteiger partial charge in [0.25, 0.3) is 10.1 Å². The molecule has 1 aromatic carbocycles. The lowest BCUT2D eigenvalue weighted by molar-refractivity contribution is 0.0897. The van der Waals surface area contributed by atoms with Crippen molar-refractivity contribution < 1.29 is 22.6 Å². The Morgan fingerprint density at radius 1 is 1.36 bits per heavy atom. The lowest BCUT2D eigenvalue weighted by atomic mass is 10.0. The van der Waals surface area contributed by atoms with Gasteiger partial charge in [-0.3, -0.25) is 14.2 Å². The van der Waals surface area contributed by atoms with Gasteiger partial charge in [0.15, 0.2) is 11.2 Å². The van der Waals surface area contributed by atoms with E-state index in [0.29, 0.717) is 5.56 Å². The van der Waals surface area contributed by atoms with Crippen molar-refractivity contribution >= 4 is 33.5 Å². The predicted octanol–water partition coefficient (Wildman–Crippen LogP) is 1.58. The molecule has 0 bridgehead atoms. The molecular formula is C13H13ClN2O5S. The van der Waals surface area contributed by atoms with Crippen molar-refractivity contribution in [2.24, 2.45) is 0 Å². The number of carbonyl (C=O) groups excluding carboxylic acids is 2. The molecule has 118 valence electrons. The van der Waals surface area contributed by atoms with Gasteiger partial charge in [0.05, 0.1) is 11.1 Å². The van der Waals surface area contributed by atoms with Crippen molar-refractivity contribution in [2.75, 3.05) is 0 Å². The van der Waals surface area contributed by atoms with E-state index in [-0.39, 0.29) is 10.8 Å². The zero-order chi connectivity index (χ0) is 16.5. The lowest BCUT2D eigenvalue weighted by Crippen LogP contribution is -2.54. The molecule has 7 nitrogen and oxygen atoms in total. The minimum Gasteiger partial charge on any atom is -0.314 e. The molecule has 0 saturated heterocycles. The Kier molecular flexibility index (Phi) is 4.55. The third kappa shape index (κ3) is 3.29. The summed E-state index contributed by atoms with van der Waals surface area (Å²) in [5.41, 5.74) is 0.407. The summed E-state index contributed by atoms with van der Waals surface area (Å²) in [7, 11) is -4.57. The molecule has 22 heavy (non-hydrogen) atoms. The fourth-order valence-corrected chi connectivity index (χ4v) is 3.08. The summed E-state index contributed by atoms with van der Waals surface area (Å²) in [5.74, 6) is -0.332. The summed E-state index contributed by atoms with van der Waals surface area (Å²) >= 11 is 5.78. The highest BCUT2D eigenvalue weighted by molar-refractivity contribution is 7.86. The van der Waals surface area contributed by atoms with E-state index in [1.165, 1.54) is 6.92 Å². The maximum absolute atomic E-state index is 12.3. The van der Waals surface area contributed by atoms with E-state index >= 15 is 0 Å². The molecule has 0 saturated carbocycles. The number of Topliss-reactive ketones (excluding diaryl/α,β-unsaturated/α-hetero) is 1. The third-order valence-corrected chi connectivity index (χ3v) is 4.57. The summed E-state index contributed by atoms with van der Waals surface area (Å²) in [6.45, 7) is 1.49. The second kappa shape index (κ2) is 6.07. The Morgan fingerprint density at radius 3 is 2.50 bits per heavy atom. The van der Waals surface area contributed by atoms with Gasteiger partial charge in [-0.1, -0.05) is 41.9 Å². The van der Waals surface area contributed by atoms with E-state index < -0.39 is 27.6 Å². The minimum atomic E-state index is -4.57. The van der Waals surface area contributed by atoms with Gasteiger partial charge in [0, 0.05) is 11.8 Å². The van der Waals surface area contributed by atoms with Crippen LogP contribution in [0.3, 0.4) is 0 Å². The van der Waals surface area contributed by atoms with E-state index in [2.05, 4.69) is 0 Å². The van der Waals surface area contributed by atoms with Crippen LogP contribution in [0.1, 0.15) is 17.3 Å². The molecule has 9 heteroatoms. The van der Waals surface area contributed by atoms with E-state index in [9.17, 15) is 18.0 Å². The molecule has 0 aromatic heterocycles. The number of nitrogens with one attached hydrogen (secondary N) is 1. The van der Waals surface area contributed by atoms with Gasteiger partial charge in [-0.15, -0.1) is 0 Å². The van der Waals surface area contributed by atoms with E-state index in [4.69, 9.17) is 16.2 Å². The van der Waals surface area contributed by atoms with Crippen LogP contribution in [0.25, 0.3) is 0 Å². The fraction of sp³-hybridized carbons (Fsp3) is 0.231. The van der Waals surface area contributed by atoms with E-state index in [1.807, 2.05) is 5.32 Å². The average Bonchev–Trinajstić information content (AvgIpc) is 2.47. The first kappa shape index (κ1) is 16.5. The topological polar surface area (TPSA) is 104 Å². The first-order valence-electron chi connectivity index (χ1n) is 6.23. The molecule has 0 fully saturated rings. The standard InChI is InChI=1S/C13H13ClN2O5S/c1-8(11(17)9-5-3-2-4-6-9)16-7-10(14)12(15-13(16)18)22(19,20)21/h2-8,12H,1H3,(H,15,18)(H,19,20,21). The monoisotopic (exact) mass is 344 g/mol. The number of rotatable bonds is 4. The number of hydrogen-bond donors (Lipinski definition) is 2. The summed E-state index contributed by atoms with van der Waals surface area (Å²) in [5, 5.41) is 0.00457. The maximum Gasteiger partial charge on any atom is 0.323 e. The third-order valence-electron chi connectivity index (χ3n) is 3.15. The SMILES string of the molecule is CC(C(=O)c1ccccc1)N1C=C(Cl)C(S(=O)(=O)O)NC1=O. The van der Waals surface area contributed by atoms with Crippen molar-refractivity contribution in [1.82, 2.24) is 10.2 Å². The first-order chi connectivity index (χ1) is 10.2. The fourth-order valence-electron chi connectivity index (χ4n) is 1.99. The molecule has 0 spiro atoms. The predicted molar refractivity (Wildman–Crippen MR) is 79.9 cm³/mol. The van der Waals surface area contributed by atoms with Crippen molar-refractivity contribution in [2.45, 2.75) is 18.3 Å². The Labute approximate surface area is 132 Å². The van der Waals surface area contributed by atoms with Gasteiger partial charge < -0.3 is 5.32 Å². The zero-order valence-electron chi connectivity index (χ0n) is 11.4. The molecule has 2 amide bonds. The molecule has 2 unspecified atom stereocenters. The summed E-state index contributed by atoms with van der Waals surface area (Å²) in [6.07, 6.45) is 1.03. The number of hydrogen-bond acceptors (Lipinski definition) is 4. The molecule has 2 rings (SSSR count). The molecule has 1 heterocycles. The number of benzene rings is 1. The quantitative estimate of drug-likeness (QED) is 0.637. The van der Waals surface area contributed by atoms with Crippen molar-refractivity contribution in [3.05, 3.63) is 47.1 Å². The second-order valence-electron chi connectivity index (χ2n) is 4.67. The molecule has 1 aromatic rings. The van der Waals surface area contributed by atoms with Crippen LogP contribution in [0, 0.1) is 0 Å². The maximum atomic E-state index is 12.3. The van der Waals surface area contributed by atoms with E-state index in [0.717, 1.165) is 11.1 Å². The number of amides is 2. The zero-order valence-corrected chi connectivity index (χ0v) is 13.0. The van der Waals surface area contributed by atoms with Crippen LogP contribution in [-0.2, 0) is 10.1 Å². The first-order valence-corrected chi connectivity index (χ1v) is 8.11. The lowest BCUT2D eigenvalue weighted by Gasteiger charge is -2.31. The molecule has 1 aliphatic heterocycles. The van der Waals surface area contributed by atoms with Crippen LogP contribution >= 0.6 is 11.6 Å². The average molecular weight is 345 g/mol. The Balaban J connectivity index is 2.28. The van der Waals surface area contributed by atoms with Gasteiger partial charge >= 0.3 is 6.03 Å². The van der Waals surface area contributed by atoms with Crippen molar-refractivity contribution in [3.8, 4) is 0 Å². The summed E-state index contributed by atoms with van der Waals surface area (Å²) in [4.78, 5) is 25.3. The highest BCUT2D eigenvalue weighted by Crippen LogP contribution is 2.22. The van der Waals surface area contributed by atoms with Gasteiger partial charge in [0.1, 0.15) is 0 Å². The Bertz CT molecular complexity index is 732. The molecule has 1 aliphatic rings. The number of carbonyl (C=O) groups is 2. The van der Waals surface area contributed by atoms with Gasteiger partial charge in [-0.05, 0) is 6.92 Å². The summed E-state index contributed by atoms with van der Waals surface area (Å²) < 4.78 is 31.2. The van der Waals surface area contributed by atoms with Crippen LogP contribution in [-0.4, -0.2) is 41.1 Å². The van der Waals surface area contributed by atoms with Crippen LogP contribution in [0.5, 0.6) is 0 Å². The van der Waals surface area contributed by atoms with Gasteiger partial charge in [0.2, 0.25) is 0 Å². The normalized spacial score (nSPS) is 20.1. The molecular weight excluding hydrogens is 332 g/mol. The summed E-state index contributed by atoms with van der Waals surface area (Å²) in [6, 6.07) is 6.60. The highest BCUT2D eigenvalue weighted by atomic mass is 35.5. The van der Waals surface area contributed by atoms with Gasteiger partial charge in [-0.25, -0.2) is 4.79 Å². The van der Waals surface area contributed by atoms with Crippen LogP contribution in [0.4, 0.5) is 4.79 Å².